The monoisotopic (exact) mass is 298 g/mol. The van der Waals surface area contributed by atoms with Gasteiger partial charge in [-0.1, -0.05) is 23.7 Å². The van der Waals surface area contributed by atoms with Crippen molar-refractivity contribution >= 4 is 23.2 Å². The van der Waals surface area contributed by atoms with E-state index in [4.69, 9.17) is 11.6 Å². The molecule has 21 heavy (non-hydrogen) atoms. The average molecular weight is 299 g/mol. The Labute approximate surface area is 126 Å². The van der Waals surface area contributed by atoms with Crippen LogP contribution in [-0.2, 0) is 0 Å². The number of aromatic amines is 1. The first-order valence-corrected chi connectivity index (χ1v) is 6.62. The molecule has 0 atom stereocenters. The van der Waals surface area contributed by atoms with Crippen molar-refractivity contribution in [1.82, 2.24) is 15.2 Å². The number of H-pyrrole nitrogens is 1. The van der Waals surface area contributed by atoms with Gasteiger partial charge in [-0.25, -0.2) is 0 Å². The molecule has 0 unspecified atom stereocenters. The zero-order chi connectivity index (χ0) is 14.7. The predicted molar refractivity (Wildman–Crippen MR) is 81.2 cm³/mol. The van der Waals surface area contributed by atoms with Gasteiger partial charge in [-0.2, -0.15) is 5.10 Å². The summed E-state index contributed by atoms with van der Waals surface area (Å²) in [7, 11) is 0. The third kappa shape index (κ3) is 2.93. The summed E-state index contributed by atoms with van der Waals surface area (Å²) in [5.41, 5.74) is 2.94. The molecule has 0 saturated heterocycles. The predicted octanol–water partition coefficient (Wildman–Crippen LogP) is 3.38. The summed E-state index contributed by atoms with van der Waals surface area (Å²) < 4.78 is 0. The second-order valence-electron chi connectivity index (χ2n) is 4.36. The maximum absolute atomic E-state index is 12.1. The van der Waals surface area contributed by atoms with Gasteiger partial charge in [-0.15, -0.1) is 0 Å². The highest BCUT2D eigenvalue weighted by molar-refractivity contribution is 6.34. The van der Waals surface area contributed by atoms with Crippen LogP contribution in [0.3, 0.4) is 0 Å². The maximum Gasteiger partial charge on any atom is 0.258 e. The number of halogens is 1. The molecule has 104 valence electrons. The van der Waals surface area contributed by atoms with Gasteiger partial charge in [0.15, 0.2) is 0 Å². The maximum atomic E-state index is 12.1. The van der Waals surface area contributed by atoms with Crippen LogP contribution in [0.25, 0.3) is 11.3 Å². The molecule has 0 saturated carbocycles. The average Bonchev–Trinajstić information content (AvgIpc) is 3.02. The number of benzene rings is 1. The van der Waals surface area contributed by atoms with E-state index in [-0.39, 0.29) is 5.91 Å². The minimum atomic E-state index is -0.289. The molecule has 0 radical (unpaired) electrons. The van der Waals surface area contributed by atoms with Crippen LogP contribution in [0, 0.1) is 0 Å². The van der Waals surface area contributed by atoms with E-state index in [1.54, 1.807) is 12.3 Å². The van der Waals surface area contributed by atoms with Crippen LogP contribution in [-0.4, -0.2) is 21.1 Å². The van der Waals surface area contributed by atoms with Crippen molar-refractivity contribution < 1.29 is 4.79 Å². The van der Waals surface area contributed by atoms with Gasteiger partial charge >= 0.3 is 0 Å². The van der Waals surface area contributed by atoms with Crippen LogP contribution >= 0.6 is 11.6 Å². The minimum Gasteiger partial charge on any atom is -0.322 e. The highest BCUT2D eigenvalue weighted by Gasteiger charge is 2.10. The number of nitrogens with zero attached hydrogens (tertiary/aromatic N) is 2. The van der Waals surface area contributed by atoms with Crippen LogP contribution < -0.4 is 5.32 Å². The largest absolute Gasteiger partial charge is 0.322 e. The smallest absolute Gasteiger partial charge is 0.258 e. The molecule has 0 aliphatic heterocycles. The number of hydrogen-bond donors (Lipinski definition) is 2. The summed E-state index contributed by atoms with van der Waals surface area (Å²) in [6, 6.07) is 10.9. The fraction of sp³-hybridized carbons (Fsp3) is 0. The number of rotatable bonds is 3. The Kier molecular flexibility index (Phi) is 3.66. The van der Waals surface area contributed by atoms with Gasteiger partial charge in [-0.3, -0.25) is 14.9 Å². The van der Waals surface area contributed by atoms with Crippen molar-refractivity contribution in [3.8, 4) is 11.3 Å². The summed E-state index contributed by atoms with van der Waals surface area (Å²) in [5, 5.41) is 9.94. The van der Waals surface area contributed by atoms with E-state index >= 15 is 0 Å². The Hall–Kier alpha value is -2.66. The molecule has 0 bridgehead atoms. The molecule has 2 heterocycles. The number of nitrogens with one attached hydrogen (secondary N) is 2. The van der Waals surface area contributed by atoms with Crippen molar-refractivity contribution in [3.05, 3.63) is 65.6 Å². The van der Waals surface area contributed by atoms with E-state index in [9.17, 15) is 4.79 Å². The normalized spacial score (nSPS) is 10.3. The molecule has 5 nitrogen and oxygen atoms in total. The third-order valence-electron chi connectivity index (χ3n) is 2.97. The van der Waals surface area contributed by atoms with E-state index in [1.807, 2.05) is 30.3 Å². The quantitative estimate of drug-likeness (QED) is 0.778. The SMILES string of the molecule is O=C(Nc1ccc(-c2ccn[nH]2)cc1)c1cnccc1Cl. The van der Waals surface area contributed by atoms with E-state index < -0.39 is 0 Å². The van der Waals surface area contributed by atoms with Crippen molar-refractivity contribution in [2.24, 2.45) is 0 Å². The van der Waals surface area contributed by atoms with Crippen molar-refractivity contribution in [3.63, 3.8) is 0 Å². The number of carbonyl (C=O) groups excluding carboxylic acids is 1. The van der Waals surface area contributed by atoms with E-state index in [1.165, 1.54) is 12.4 Å². The molecule has 6 heteroatoms. The van der Waals surface area contributed by atoms with Gasteiger partial charge in [0, 0.05) is 24.3 Å². The van der Waals surface area contributed by atoms with Crippen LogP contribution in [0.5, 0.6) is 0 Å². The summed E-state index contributed by atoms with van der Waals surface area (Å²) in [6.07, 6.45) is 4.67. The first-order chi connectivity index (χ1) is 10.2. The molecule has 1 aromatic carbocycles. The lowest BCUT2D eigenvalue weighted by atomic mass is 10.1. The number of carbonyl (C=O) groups is 1. The number of aromatic nitrogens is 3. The molecule has 0 aliphatic carbocycles. The Balaban J connectivity index is 1.77. The topological polar surface area (TPSA) is 70.7 Å². The number of amides is 1. The van der Waals surface area contributed by atoms with Crippen LogP contribution in [0.4, 0.5) is 5.69 Å². The fourth-order valence-electron chi connectivity index (χ4n) is 1.89. The first kappa shape index (κ1) is 13.3. The van der Waals surface area contributed by atoms with Crippen molar-refractivity contribution in [2.75, 3.05) is 5.32 Å². The highest BCUT2D eigenvalue weighted by atomic mass is 35.5. The molecule has 0 spiro atoms. The lowest BCUT2D eigenvalue weighted by molar-refractivity contribution is 0.102. The third-order valence-corrected chi connectivity index (χ3v) is 3.30. The van der Waals surface area contributed by atoms with Crippen LogP contribution in [0.15, 0.2) is 55.0 Å². The zero-order valence-electron chi connectivity index (χ0n) is 10.9. The number of hydrogen-bond acceptors (Lipinski definition) is 3. The molecule has 3 rings (SSSR count). The second kappa shape index (κ2) is 5.76. The lowest BCUT2D eigenvalue weighted by Crippen LogP contribution is -2.12. The Bertz CT molecular complexity index is 754. The highest BCUT2D eigenvalue weighted by Crippen LogP contribution is 2.20. The molecule has 0 aliphatic rings. The number of anilines is 1. The Morgan fingerprint density at radius 3 is 2.57 bits per heavy atom. The van der Waals surface area contributed by atoms with E-state index in [0.717, 1.165) is 11.3 Å². The minimum absolute atomic E-state index is 0.289. The molecule has 0 fully saturated rings. The van der Waals surface area contributed by atoms with E-state index in [0.29, 0.717) is 16.3 Å². The van der Waals surface area contributed by atoms with E-state index in [2.05, 4.69) is 20.5 Å². The lowest BCUT2D eigenvalue weighted by Gasteiger charge is -2.07. The van der Waals surface area contributed by atoms with Crippen molar-refractivity contribution in [2.45, 2.75) is 0 Å². The van der Waals surface area contributed by atoms with Gasteiger partial charge in [-0.05, 0) is 29.8 Å². The van der Waals surface area contributed by atoms with Gasteiger partial charge in [0.25, 0.3) is 5.91 Å². The van der Waals surface area contributed by atoms with Crippen LogP contribution in [0.2, 0.25) is 5.02 Å². The second-order valence-corrected chi connectivity index (χ2v) is 4.76. The van der Waals surface area contributed by atoms with Gasteiger partial charge in [0.1, 0.15) is 0 Å². The molecule has 2 N–H and O–H groups in total. The number of pyridine rings is 1. The summed E-state index contributed by atoms with van der Waals surface area (Å²) in [5.74, 6) is -0.289. The zero-order valence-corrected chi connectivity index (χ0v) is 11.6. The standard InChI is InChI=1S/C15H11ClN4O/c16-13-5-7-17-9-12(13)15(21)19-11-3-1-10(2-4-11)14-6-8-18-20-14/h1-9H,(H,18,20)(H,19,21). The molecular formula is C15H11ClN4O. The summed E-state index contributed by atoms with van der Waals surface area (Å²) in [4.78, 5) is 16.0. The Morgan fingerprint density at radius 2 is 1.90 bits per heavy atom. The first-order valence-electron chi connectivity index (χ1n) is 6.25. The fourth-order valence-corrected chi connectivity index (χ4v) is 2.08. The van der Waals surface area contributed by atoms with Gasteiger partial charge in [0.05, 0.1) is 16.3 Å². The van der Waals surface area contributed by atoms with Gasteiger partial charge in [0.2, 0.25) is 0 Å². The molecule has 2 aromatic heterocycles. The van der Waals surface area contributed by atoms with Gasteiger partial charge < -0.3 is 5.32 Å². The Morgan fingerprint density at radius 1 is 1.10 bits per heavy atom. The molecule has 1 amide bonds. The summed E-state index contributed by atoms with van der Waals surface area (Å²) in [6.45, 7) is 0. The molecular weight excluding hydrogens is 288 g/mol. The summed E-state index contributed by atoms with van der Waals surface area (Å²) >= 11 is 5.97. The van der Waals surface area contributed by atoms with Crippen LogP contribution in [0.1, 0.15) is 10.4 Å². The van der Waals surface area contributed by atoms with Crippen molar-refractivity contribution in [1.29, 1.82) is 0 Å². The molecule has 3 aromatic rings.